The summed E-state index contributed by atoms with van der Waals surface area (Å²) < 4.78 is 1.66. The Morgan fingerprint density at radius 3 is 3.08 bits per heavy atom. The van der Waals surface area contributed by atoms with Crippen molar-refractivity contribution in [3.63, 3.8) is 0 Å². The summed E-state index contributed by atoms with van der Waals surface area (Å²) in [6.07, 6.45) is 4.66. The van der Waals surface area contributed by atoms with Crippen LogP contribution in [0, 0.1) is 0 Å². The third kappa shape index (κ3) is 1.25. The number of halogens is 1. The standard InChI is InChI=1S/C8H5ClN2O2/c9-7-3-11-4-10-2-5(11)1-6(7)8(12)13/h1-4H,(H,12,13). The molecule has 0 saturated heterocycles. The number of aromatic nitrogens is 2. The molecule has 0 aliphatic carbocycles. The van der Waals surface area contributed by atoms with Crippen LogP contribution < -0.4 is 0 Å². The summed E-state index contributed by atoms with van der Waals surface area (Å²) >= 11 is 5.73. The topological polar surface area (TPSA) is 54.6 Å². The number of pyridine rings is 1. The van der Waals surface area contributed by atoms with Crippen LogP contribution in [0.2, 0.25) is 5.02 Å². The Labute approximate surface area is 78.4 Å². The number of carboxylic acid groups (broad SMARTS) is 1. The van der Waals surface area contributed by atoms with E-state index in [2.05, 4.69) is 4.98 Å². The summed E-state index contributed by atoms with van der Waals surface area (Å²) in [4.78, 5) is 14.5. The van der Waals surface area contributed by atoms with Crippen molar-refractivity contribution >= 4 is 23.1 Å². The molecular weight excluding hydrogens is 192 g/mol. The number of rotatable bonds is 1. The van der Waals surface area contributed by atoms with Gasteiger partial charge in [-0.15, -0.1) is 0 Å². The maximum Gasteiger partial charge on any atom is 0.337 e. The van der Waals surface area contributed by atoms with Crippen LogP contribution in [-0.2, 0) is 0 Å². The van der Waals surface area contributed by atoms with Crippen molar-refractivity contribution in [1.82, 2.24) is 9.38 Å². The minimum Gasteiger partial charge on any atom is -0.478 e. The lowest BCUT2D eigenvalue weighted by molar-refractivity contribution is 0.0697. The molecule has 2 heterocycles. The first-order chi connectivity index (χ1) is 6.18. The number of carbonyl (C=O) groups is 1. The monoisotopic (exact) mass is 196 g/mol. The highest BCUT2D eigenvalue weighted by Crippen LogP contribution is 2.17. The van der Waals surface area contributed by atoms with Crippen molar-refractivity contribution in [1.29, 1.82) is 0 Å². The molecule has 0 bridgehead atoms. The number of hydrogen-bond donors (Lipinski definition) is 1. The van der Waals surface area contributed by atoms with Gasteiger partial charge in [-0.1, -0.05) is 11.6 Å². The fourth-order valence-corrected chi connectivity index (χ4v) is 1.35. The van der Waals surface area contributed by atoms with Gasteiger partial charge in [-0.25, -0.2) is 9.78 Å². The van der Waals surface area contributed by atoms with Crippen LogP contribution in [0.15, 0.2) is 24.8 Å². The van der Waals surface area contributed by atoms with Gasteiger partial charge in [-0.2, -0.15) is 0 Å². The van der Waals surface area contributed by atoms with Gasteiger partial charge in [0.15, 0.2) is 0 Å². The van der Waals surface area contributed by atoms with E-state index in [1.54, 1.807) is 16.9 Å². The van der Waals surface area contributed by atoms with Gasteiger partial charge >= 0.3 is 5.97 Å². The zero-order valence-electron chi connectivity index (χ0n) is 6.44. The highest BCUT2D eigenvalue weighted by atomic mass is 35.5. The fraction of sp³-hybridized carbons (Fsp3) is 0. The molecule has 0 radical (unpaired) electrons. The van der Waals surface area contributed by atoms with E-state index in [0.29, 0.717) is 5.52 Å². The van der Waals surface area contributed by atoms with Crippen molar-refractivity contribution in [3.05, 3.63) is 35.4 Å². The number of aromatic carboxylic acids is 1. The van der Waals surface area contributed by atoms with E-state index in [1.165, 1.54) is 12.3 Å². The number of fused-ring (bicyclic) bond motifs is 1. The zero-order chi connectivity index (χ0) is 9.42. The van der Waals surface area contributed by atoms with Crippen molar-refractivity contribution in [3.8, 4) is 0 Å². The molecule has 2 rings (SSSR count). The summed E-state index contributed by atoms with van der Waals surface area (Å²) in [6, 6.07) is 1.48. The van der Waals surface area contributed by atoms with E-state index in [4.69, 9.17) is 16.7 Å². The summed E-state index contributed by atoms with van der Waals surface area (Å²) in [5.74, 6) is -1.03. The van der Waals surface area contributed by atoms with Gasteiger partial charge in [0.1, 0.15) is 0 Å². The molecule has 2 aromatic heterocycles. The summed E-state index contributed by atoms with van der Waals surface area (Å²) in [7, 11) is 0. The van der Waals surface area contributed by atoms with Gasteiger partial charge in [0.05, 0.1) is 28.6 Å². The number of hydrogen-bond acceptors (Lipinski definition) is 2. The molecule has 5 heteroatoms. The minimum absolute atomic E-state index is 0.0923. The molecule has 0 unspecified atom stereocenters. The number of imidazole rings is 1. The predicted molar refractivity (Wildman–Crippen MR) is 47.2 cm³/mol. The third-order valence-electron chi connectivity index (χ3n) is 1.73. The Bertz CT molecular complexity index is 478. The second-order valence-corrected chi connectivity index (χ2v) is 2.97. The van der Waals surface area contributed by atoms with Crippen LogP contribution >= 0.6 is 11.6 Å². The molecule has 1 N–H and O–H groups in total. The molecule has 66 valence electrons. The van der Waals surface area contributed by atoms with Crippen LogP contribution in [0.4, 0.5) is 0 Å². The van der Waals surface area contributed by atoms with Gasteiger partial charge in [0.2, 0.25) is 0 Å². The Balaban J connectivity index is 2.76. The average Bonchev–Trinajstić information content (AvgIpc) is 2.48. The lowest BCUT2D eigenvalue weighted by Crippen LogP contribution is -1.98. The van der Waals surface area contributed by atoms with Gasteiger partial charge in [0.25, 0.3) is 0 Å². The highest BCUT2D eigenvalue weighted by molar-refractivity contribution is 6.33. The van der Waals surface area contributed by atoms with E-state index >= 15 is 0 Å². The Morgan fingerprint density at radius 2 is 2.38 bits per heavy atom. The quantitative estimate of drug-likeness (QED) is 0.755. The second-order valence-electron chi connectivity index (χ2n) is 2.57. The molecular formula is C8H5ClN2O2. The molecule has 2 aromatic rings. The lowest BCUT2D eigenvalue weighted by atomic mass is 10.2. The smallest absolute Gasteiger partial charge is 0.337 e. The van der Waals surface area contributed by atoms with E-state index in [1.807, 2.05) is 0 Å². The van der Waals surface area contributed by atoms with Gasteiger partial charge in [0, 0.05) is 6.20 Å². The first kappa shape index (κ1) is 8.07. The van der Waals surface area contributed by atoms with Crippen molar-refractivity contribution in [2.24, 2.45) is 0 Å². The largest absolute Gasteiger partial charge is 0.478 e. The van der Waals surface area contributed by atoms with Crippen molar-refractivity contribution in [2.75, 3.05) is 0 Å². The van der Waals surface area contributed by atoms with Gasteiger partial charge in [-0.05, 0) is 6.07 Å². The molecule has 0 atom stereocenters. The van der Waals surface area contributed by atoms with E-state index in [0.717, 1.165) is 0 Å². The zero-order valence-corrected chi connectivity index (χ0v) is 7.19. The number of carboxylic acids is 1. The van der Waals surface area contributed by atoms with Crippen molar-refractivity contribution in [2.45, 2.75) is 0 Å². The minimum atomic E-state index is -1.03. The van der Waals surface area contributed by atoms with E-state index in [9.17, 15) is 4.79 Å². The summed E-state index contributed by atoms with van der Waals surface area (Å²) in [5.41, 5.74) is 0.802. The third-order valence-corrected chi connectivity index (χ3v) is 2.03. The molecule has 0 spiro atoms. The second kappa shape index (κ2) is 2.74. The maximum absolute atomic E-state index is 10.7. The first-order valence-corrected chi connectivity index (χ1v) is 3.91. The Morgan fingerprint density at radius 1 is 1.62 bits per heavy atom. The van der Waals surface area contributed by atoms with Crippen LogP contribution in [-0.4, -0.2) is 20.5 Å². The molecule has 0 aromatic carbocycles. The van der Waals surface area contributed by atoms with Crippen molar-refractivity contribution < 1.29 is 9.90 Å². The van der Waals surface area contributed by atoms with Crippen LogP contribution in [0.25, 0.3) is 5.52 Å². The molecule has 0 fully saturated rings. The molecule has 0 amide bonds. The summed E-state index contributed by atoms with van der Waals surface area (Å²) in [6.45, 7) is 0. The lowest BCUT2D eigenvalue weighted by Gasteiger charge is -1.99. The van der Waals surface area contributed by atoms with E-state index < -0.39 is 5.97 Å². The average molecular weight is 197 g/mol. The van der Waals surface area contributed by atoms with E-state index in [-0.39, 0.29) is 10.6 Å². The maximum atomic E-state index is 10.7. The normalized spacial score (nSPS) is 10.5. The van der Waals surface area contributed by atoms with Crippen LogP contribution in [0.3, 0.4) is 0 Å². The Hall–Kier alpha value is -1.55. The predicted octanol–water partition coefficient (Wildman–Crippen LogP) is 1.69. The van der Waals surface area contributed by atoms with Crippen LogP contribution in [0.1, 0.15) is 10.4 Å². The molecule has 0 aliphatic rings. The molecule has 0 saturated carbocycles. The summed E-state index contributed by atoms with van der Waals surface area (Å²) in [5, 5.41) is 8.95. The molecule has 4 nitrogen and oxygen atoms in total. The fourth-order valence-electron chi connectivity index (χ4n) is 1.11. The van der Waals surface area contributed by atoms with Gasteiger partial charge < -0.3 is 9.51 Å². The van der Waals surface area contributed by atoms with Gasteiger partial charge in [-0.3, -0.25) is 0 Å². The molecule has 13 heavy (non-hydrogen) atoms. The van der Waals surface area contributed by atoms with Crippen LogP contribution in [0.5, 0.6) is 0 Å². The molecule has 0 aliphatic heterocycles. The highest BCUT2D eigenvalue weighted by Gasteiger charge is 2.09. The first-order valence-electron chi connectivity index (χ1n) is 3.53. The number of nitrogens with zero attached hydrogens (tertiary/aromatic N) is 2. The SMILES string of the molecule is O=C(O)c1cc2cncn2cc1Cl. The Kier molecular flexibility index (Phi) is 1.70.